The van der Waals surface area contributed by atoms with Crippen molar-refractivity contribution in [3.05, 3.63) is 34.7 Å². The van der Waals surface area contributed by atoms with Gasteiger partial charge >= 0.3 is 0 Å². The van der Waals surface area contributed by atoms with Gasteiger partial charge < -0.3 is 9.84 Å². The third kappa shape index (κ3) is 2.40. The number of hydrogen-bond acceptors (Lipinski definition) is 4. The number of rotatable bonds is 3. The van der Waals surface area contributed by atoms with Crippen molar-refractivity contribution in [3.63, 3.8) is 0 Å². The average molecular weight is 254 g/mol. The molecule has 2 aromatic rings. The molecule has 0 radical (unpaired) electrons. The Morgan fingerprint density at radius 3 is 2.88 bits per heavy atom. The molecule has 0 spiro atoms. The van der Waals surface area contributed by atoms with Crippen LogP contribution >= 0.6 is 11.6 Å². The van der Waals surface area contributed by atoms with E-state index < -0.39 is 0 Å². The molecule has 0 aliphatic rings. The second kappa shape index (κ2) is 4.73. The van der Waals surface area contributed by atoms with Crippen molar-refractivity contribution in [1.82, 2.24) is 14.8 Å². The summed E-state index contributed by atoms with van der Waals surface area (Å²) in [7, 11) is 1.75. The topological polar surface area (TPSA) is 60.2 Å². The summed E-state index contributed by atoms with van der Waals surface area (Å²) in [6.45, 7) is 1.69. The molecule has 2 rings (SSSR count). The highest BCUT2D eigenvalue weighted by atomic mass is 35.5. The largest absolute Gasteiger partial charge is 0.437 e. The third-order valence-corrected chi connectivity index (χ3v) is 2.55. The summed E-state index contributed by atoms with van der Waals surface area (Å²) in [5.41, 5.74) is 1.40. The predicted molar refractivity (Wildman–Crippen MR) is 63.2 cm³/mol. The lowest BCUT2D eigenvalue weighted by molar-refractivity contribution is 0.274. The zero-order valence-corrected chi connectivity index (χ0v) is 10.3. The van der Waals surface area contributed by atoms with Crippen LogP contribution in [0.2, 0.25) is 5.02 Å². The first-order valence-electron chi connectivity index (χ1n) is 5.03. The van der Waals surface area contributed by atoms with Gasteiger partial charge in [-0.2, -0.15) is 5.10 Å². The van der Waals surface area contributed by atoms with E-state index in [1.165, 1.54) is 6.20 Å². The van der Waals surface area contributed by atoms with Crippen molar-refractivity contribution >= 4 is 11.6 Å². The SMILES string of the molecule is Cc1nn(C)c(Oc2cncc(Cl)c2)c1CO. The van der Waals surface area contributed by atoms with Crippen LogP contribution in [0, 0.1) is 6.92 Å². The molecular formula is C11H12ClN3O2. The molecular weight excluding hydrogens is 242 g/mol. The fourth-order valence-electron chi connectivity index (χ4n) is 1.55. The maximum absolute atomic E-state index is 9.27. The summed E-state index contributed by atoms with van der Waals surface area (Å²) >= 11 is 5.82. The molecule has 0 amide bonds. The van der Waals surface area contributed by atoms with Gasteiger partial charge in [-0.05, 0) is 6.92 Å². The maximum atomic E-state index is 9.27. The Bertz CT molecular complexity index is 540. The van der Waals surface area contributed by atoms with Crippen molar-refractivity contribution in [2.45, 2.75) is 13.5 Å². The highest BCUT2D eigenvalue weighted by Gasteiger charge is 2.14. The first kappa shape index (κ1) is 11.9. The van der Waals surface area contributed by atoms with Gasteiger partial charge in [0.05, 0.1) is 29.1 Å². The normalized spacial score (nSPS) is 10.6. The lowest BCUT2D eigenvalue weighted by Gasteiger charge is -2.07. The number of pyridine rings is 1. The summed E-state index contributed by atoms with van der Waals surface area (Å²) in [6, 6.07) is 1.65. The first-order valence-corrected chi connectivity index (χ1v) is 5.41. The minimum Gasteiger partial charge on any atom is -0.437 e. The number of nitrogens with zero attached hydrogens (tertiary/aromatic N) is 3. The second-order valence-electron chi connectivity index (χ2n) is 3.59. The van der Waals surface area contributed by atoms with Crippen LogP contribution < -0.4 is 4.74 Å². The lowest BCUT2D eigenvalue weighted by atomic mass is 10.3. The fourth-order valence-corrected chi connectivity index (χ4v) is 1.71. The number of aryl methyl sites for hydroxylation is 2. The first-order chi connectivity index (χ1) is 8.11. The molecule has 0 atom stereocenters. The van der Waals surface area contributed by atoms with Gasteiger partial charge in [0.2, 0.25) is 5.88 Å². The number of aliphatic hydroxyl groups excluding tert-OH is 1. The standard InChI is InChI=1S/C11H12ClN3O2/c1-7-10(6-16)11(15(2)14-7)17-9-3-8(12)4-13-5-9/h3-5,16H,6H2,1-2H3. The predicted octanol–water partition coefficient (Wildman–Crippen LogP) is 2.06. The quantitative estimate of drug-likeness (QED) is 0.910. The van der Waals surface area contributed by atoms with Gasteiger partial charge in [0, 0.05) is 19.3 Å². The Labute approximate surface area is 104 Å². The van der Waals surface area contributed by atoms with Gasteiger partial charge in [0.15, 0.2) is 0 Å². The van der Waals surface area contributed by atoms with E-state index in [2.05, 4.69) is 10.1 Å². The van der Waals surface area contributed by atoms with Crippen molar-refractivity contribution in [1.29, 1.82) is 0 Å². The lowest BCUT2D eigenvalue weighted by Crippen LogP contribution is -1.97. The van der Waals surface area contributed by atoms with Crippen LogP contribution in [0.1, 0.15) is 11.3 Å². The van der Waals surface area contributed by atoms with E-state index in [0.29, 0.717) is 22.2 Å². The minimum absolute atomic E-state index is 0.122. The Morgan fingerprint density at radius 2 is 2.24 bits per heavy atom. The van der Waals surface area contributed by atoms with Crippen molar-refractivity contribution in [3.8, 4) is 11.6 Å². The average Bonchev–Trinajstić information content (AvgIpc) is 2.53. The van der Waals surface area contributed by atoms with Crippen molar-refractivity contribution in [2.24, 2.45) is 7.05 Å². The minimum atomic E-state index is -0.122. The third-order valence-electron chi connectivity index (χ3n) is 2.34. The van der Waals surface area contributed by atoms with Crippen LogP contribution in [0.3, 0.4) is 0 Å². The molecule has 0 unspecified atom stereocenters. The van der Waals surface area contributed by atoms with Crippen LogP contribution in [0.25, 0.3) is 0 Å². The van der Waals surface area contributed by atoms with Crippen LogP contribution in [-0.2, 0) is 13.7 Å². The second-order valence-corrected chi connectivity index (χ2v) is 4.03. The molecule has 0 bridgehead atoms. The number of hydrogen-bond donors (Lipinski definition) is 1. The molecule has 2 heterocycles. The Morgan fingerprint density at radius 1 is 1.47 bits per heavy atom. The molecule has 0 saturated heterocycles. The van der Waals surface area contributed by atoms with E-state index in [4.69, 9.17) is 16.3 Å². The molecule has 1 N–H and O–H groups in total. The molecule has 0 aliphatic heterocycles. The fraction of sp³-hybridized carbons (Fsp3) is 0.273. The highest BCUT2D eigenvalue weighted by molar-refractivity contribution is 6.30. The summed E-state index contributed by atoms with van der Waals surface area (Å²) in [5.74, 6) is 1.00. The molecule has 2 aromatic heterocycles. The van der Waals surface area contributed by atoms with E-state index in [9.17, 15) is 5.11 Å². The molecule has 0 aliphatic carbocycles. The molecule has 17 heavy (non-hydrogen) atoms. The van der Waals surface area contributed by atoms with Gasteiger partial charge in [-0.25, -0.2) is 4.68 Å². The molecule has 90 valence electrons. The smallest absolute Gasteiger partial charge is 0.223 e. The van der Waals surface area contributed by atoms with Gasteiger partial charge in [-0.1, -0.05) is 11.6 Å². The van der Waals surface area contributed by atoms with Gasteiger partial charge in [0.1, 0.15) is 5.75 Å². The number of aromatic nitrogens is 3. The maximum Gasteiger partial charge on any atom is 0.223 e. The summed E-state index contributed by atoms with van der Waals surface area (Å²) in [4.78, 5) is 3.92. The Kier molecular flexibility index (Phi) is 3.31. The van der Waals surface area contributed by atoms with Crippen LogP contribution in [0.4, 0.5) is 0 Å². The molecule has 5 nitrogen and oxygen atoms in total. The van der Waals surface area contributed by atoms with Crippen LogP contribution in [-0.4, -0.2) is 19.9 Å². The van der Waals surface area contributed by atoms with E-state index in [0.717, 1.165) is 5.69 Å². The molecule has 0 saturated carbocycles. The number of aliphatic hydroxyl groups is 1. The van der Waals surface area contributed by atoms with E-state index in [1.807, 2.05) is 6.92 Å². The zero-order chi connectivity index (χ0) is 12.4. The van der Waals surface area contributed by atoms with Gasteiger partial charge in [-0.3, -0.25) is 4.98 Å². The molecule has 6 heteroatoms. The Hall–Kier alpha value is -1.59. The summed E-state index contributed by atoms with van der Waals surface area (Å²) in [5, 5.41) is 13.9. The van der Waals surface area contributed by atoms with Crippen LogP contribution in [0.5, 0.6) is 11.6 Å². The summed E-state index contributed by atoms with van der Waals surface area (Å²) in [6.07, 6.45) is 3.07. The zero-order valence-electron chi connectivity index (χ0n) is 9.51. The monoisotopic (exact) mass is 253 g/mol. The van der Waals surface area contributed by atoms with Gasteiger partial charge in [0.25, 0.3) is 0 Å². The van der Waals surface area contributed by atoms with E-state index in [1.54, 1.807) is 24.0 Å². The van der Waals surface area contributed by atoms with E-state index >= 15 is 0 Å². The van der Waals surface area contributed by atoms with Gasteiger partial charge in [-0.15, -0.1) is 0 Å². The number of ether oxygens (including phenoxy) is 1. The molecule has 0 fully saturated rings. The van der Waals surface area contributed by atoms with E-state index in [-0.39, 0.29) is 6.61 Å². The summed E-state index contributed by atoms with van der Waals surface area (Å²) < 4.78 is 7.20. The van der Waals surface area contributed by atoms with Crippen molar-refractivity contribution in [2.75, 3.05) is 0 Å². The number of halogens is 1. The van der Waals surface area contributed by atoms with Crippen LogP contribution in [0.15, 0.2) is 18.5 Å². The highest BCUT2D eigenvalue weighted by Crippen LogP contribution is 2.27. The molecule has 0 aromatic carbocycles. The Balaban J connectivity index is 2.36. The van der Waals surface area contributed by atoms with Crippen molar-refractivity contribution < 1.29 is 9.84 Å².